The molecule has 1 amide bonds. The van der Waals surface area contributed by atoms with E-state index in [2.05, 4.69) is 13.8 Å². The van der Waals surface area contributed by atoms with E-state index in [1.807, 2.05) is 20.8 Å². The first-order chi connectivity index (χ1) is 16.7. The number of carbonyl (C=O) groups is 1. The lowest BCUT2D eigenvalue weighted by Gasteiger charge is -2.48. The van der Waals surface area contributed by atoms with Gasteiger partial charge in [-0.05, 0) is 70.9 Å². The maximum atomic E-state index is 13.2. The number of hydrogen-bond acceptors (Lipinski definition) is 1. The molecule has 3 rings (SSSR count). The summed E-state index contributed by atoms with van der Waals surface area (Å²) in [5.74, 6) is 0.364. The van der Waals surface area contributed by atoms with E-state index in [0.29, 0.717) is 27.2 Å². The van der Waals surface area contributed by atoms with Crippen LogP contribution in [0, 0.1) is 18.8 Å². The molecule has 2 aromatic rings. The van der Waals surface area contributed by atoms with Gasteiger partial charge in [-0.25, -0.2) is 0 Å². The van der Waals surface area contributed by atoms with Crippen LogP contribution in [0.3, 0.4) is 0 Å². The molecule has 0 N–H and O–H groups in total. The highest BCUT2D eigenvalue weighted by molar-refractivity contribution is 6.45. The van der Waals surface area contributed by atoms with Crippen LogP contribution in [0.25, 0.3) is 0 Å². The molecule has 1 saturated carbocycles. The van der Waals surface area contributed by atoms with Gasteiger partial charge < -0.3 is 4.90 Å². The number of nitrogens with zero attached hydrogens (tertiary/aromatic N) is 1. The quantitative estimate of drug-likeness (QED) is 0.243. The zero-order valence-corrected chi connectivity index (χ0v) is 23.5. The Balaban J connectivity index is 2.01. The lowest BCUT2D eigenvalue weighted by atomic mass is 9.59. The van der Waals surface area contributed by atoms with E-state index in [-0.39, 0.29) is 24.3 Å². The number of alkyl halides is 3. The van der Waals surface area contributed by atoms with Crippen molar-refractivity contribution in [3.63, 3.8) is 0 Å². The van der Waals surface area contributed by atoms with Crippen LogP contribution < -0.4 is 0 Å². The Labute approximate surface area is 227 Å². The molecule has 3 unspecified atom stereocenters. The second-order valence-corrected chi connectivity index (χ2v) is 11.8. The van der Waals surface area contributed by atoms with Crippen molar-refractivity contribution in [1.82, 2.24) is 4.90 Å². The zero-order valence-electron chi connectivity index (χ0n) is 21.3. The van der Waals surface area contributed by atoms with Gasteiger partial charge in [0.15, 0.2) is 0 Å². The SMILES string of the molecule is Cc1c(Cl)c(C(C)C)c(Cl)c(Cl)c1C1(C)CCCC(C)C1CN(C=O)Cc1cccc(C(F)(F)F)c1. The van der Waals surface area contributed by atoms with Gasteiger partial charge >= 0.3 is 6.18 Å². The molecule has 3 atom stereocenters. The third kappa shape index (κ3) is 5.68. The molecule has 36 heavy (non-hydrogen) atoms. The molecule has 198 valence electrons. The van der Waals surface area contributed by atoms with Crippen LogP contribution in [0.15, 0.2) is 24.3 Å². The fourth-order valence-corrected chi connectivity index (χ4v) is 7.28. The monoisotopic (exact) mass is 561 g/mol. The van der Waals surface area contributed by atoms with Crippen LogP contribution in [0.1, 0.15) is 80.7 Å². The highest BCUT2D eigenvalue weighted by atomic mass is 35.5. The fraction of sp³-hybridized carbons (Fsp3) is 0.536. The summed E-state index contributed by atoms with van der Waals surface area (Å²) in [5.41, 5.74) is 1.92. The minimum Gasteiger partial charge on any atom is -0.341 e. The molecular weight excluding hydrogens is 530 g/mol. The van der Waals surface area contributed by atoms with Crippen molar-refractivity contribution in [1.29, 1.82) is 0 Å². The van der Waals surface area contributed by atoms with E-state index in [9.17, 15) is 18.0 Å². The number of rotatable bonds is 7. The van der Waals surface area contributed by atoms with E-state index >= 15 is 0 Å². The molecule has 0 aromatic heterocycles. The summed E-state index contributed by atoms with van der Waals surface area (Å²) in [6.45, 7) is 10.8. The second-order valence-electron chi connectivity index (χ2n) is 10.6. The number of hydrogen-bond donors (Lipinski definition) is 0. The summed E-state index contributed by atoms with van der Waals surface area (Å²) in [6, 6.07) is 5.12. The van der Waals surface area contributed by atoms with Crippen LogP contribution in [0.5, 0.6) is 0 Å². The Morgan fingerprint density at radius 2 is 1.83 bits per heavy atom. The molecule has 2 aromatic carbocycles. The normalized spacial score (nSPS) is 22.7. The minimum absolute atomic E-state index is 0.00971. The Morgan fingerprint density at radius 1 is 1.17 bits per heavy atom. The molecular formula is C28H33Cl3F3NO. The summed E-state index contributed by atoms with van der Waals surface area (Å²) in [6.07, 6.45) is -0.906. The van der Waals surface area contributed by atoms with E-state index in [0.717, 1.165) is 54.5 Å². The topological polar surface area (TPSA) is 20.3 Å². The molecule has 0 saturated heterocycles. The molecule has 0 spiro atoms. The fourth-order valence-electron chi connectivity index (χ4n) is 5.96. The van der Waals surface area contributed by atoms with Crippen LogP contribution in [-0.4, -0.2) is 17.9 Å². The summed E-state index contributed by atoms with van der Waals surface area (Å²) in [4.78, 5) is 13.7. The highest BCUT2D eigenvalue weighted by Gasteiger charge is 2.45. The molecule has 0 radical (unpaired) electrons. The van der Waals surface area contributed by atoms with Crippen LogP contribution in [-0.2, 0) is 22.9 Å². The van der Waals surface area contributed by atoms with Gasteiger partial charge in [-0.1, -0.05) is 87.5 Å². The van der Waals surface area contributed by atoms with E-state index in [1.54, 1.807) is 11.0 Å². The first-order valence-electron chi connectivity index (χ1n) is 12.2. The predicted molar refractivity (Wildman–Crippen MR) is 142 cm³/mol. The second kappa shape index (κ2) is 11.1. The van der Waals surface area contributed by atoms with Crippen molar-refractivity contribution in [3.8, 4) is 0 Å². The Hall–Kier alpha value is -1.43. The van der Waals surface area contributed by atoms with Crippen molar-refractivity contribution in [3.05, 3.63) is 67.2 Å². The lowest BCUT2D eigenvalue weighted by Crippen LogP contribution is -2.46. The van der Waals surface area contributed by atoms with Gasteiger partial charge in [0.05, 0.1) is 15.6 Å². The standard InChI is InChI=1S/C28H33Cl3F3NO/c1-16(2)22-24(29)18(4)23(26(31)25(22)30)27(5)11-7-8-17(3)21(27)14-35(15-36)13-19-9-6-10-20(12-19)28(32,33)34/h6,9-10,12,15-17,21H,7-8,11,13-14H2,1-5H3. The van der Waals surface area contributed by atoms with Crippen LogP contribution >= 0.6 is 34.8 Å². The molecule has 1 aliphatic carbocycles. The number of benzene rings is 2. The smallest absolute Gasteiger partial charge is 0.341 e. The summed E-state index contributed by atoms with van der Waals surface area (Å²) in [5, 5.41) is 1.58. The van der Waals surface area contributed by atoms with Crippen LogP contribution in [0.4, 0.5) is 13.2 Å². The van der Waals surface area contributed by atoms with Gasteiger partial charge in [-0.2, -0.15) is 13.2 Å². The Kier molecular flexibility index (Phi) is 9.00. The van der Waals surface area contributed by atoms with Gasteiger partial charge in [0.2, 0.25) is 6.41 Å². The predicted octanol–water partition coefficient (Wildman–Crippen LogP) is 9.45. The molecule has 8 heteroatoms. The van der Waals surface area contributed by atoms with E-state index < -0.39 is 17.2 Å². The number of amides is 1. The van der Waals surface area contributed by atoms with E-state index in [1.165, 1.54) is 6.07 Å². The average Bonchev–Trinajstić information content (AvgIpc) is 2.79. The minimum atomic E-state index is -4.44. The van der Waals surface area contributed by atoms with Crippen molar-refractivity contribution >= 4 is 41.2 Å². The lowest BCUT2D eigenvalue weighted by molar-refractivity contribution is -0.137. The first kappa shape index (κ1) is 29.1. The van der Waals surface area contributed by atoms with Crippen molar-refractivity contribution in [2.45, 2.75) is 77.9 Å². The molecule has 0 heterocycles. The zero-order chi connectivity index (χ0) is 27.0. The third-order valence-electron chi connectivity index (χ3n) is 7.82. The average molecular weight is 563 g/mol. The summed E-state index contributed by atoms with van der Waals surface area (Å²) >= 11 is 20.5. The molecule has 2 nitrogen and oxygen atoms in total. The van der Waals surface area contributed by atoms with Gasteiger partial charge in [0.1, 0.15) is 0 Å². The molecule has 1 aliphatic rings. The molecule has 1 fully saturated rings. The van der Waals surface area contributed by atoms with Gasteiger partial charge in [-0.15, -0.1) is 0 Å². The van der Waals surface area contributed by atoms with E-state index in [4.69, 9.17) is 34.8 Å². The maximum Gasteiger partial charge on any atom is 0.416 e. The van der Waals surface area contributed by atoms with Gasteiger partial charge in [-0.3, -0.25) is 4.79 Å². The highest BCUT2D eigenvalue weighted by Crippen LogP contribution is 2.53. The van der Waals surface area contributed by atoms with Crippen molar-refractivity contribution in [2.24, 2.45) is 11.8 Å². The summed E-state index contributed by atoms with van der Waals surface area (Å²) < 4.78 is 39.6. The molecule has 0 aliphatic heterocycles. The maximum absolute atomic E-state index is 13.2. The molecule has 0 bridgehead atoms. The first-order valence-corrected chi connectivity index (χ1v) is 13.4. The number of halogens is 6. The van der Waals surface area contributed by atoms with Crippen molar-refractivity contribution in [2.75, 3.05) is 6.54 Å². The Morgan fingerprint density at radius 3 is 2.42 bits per heavy atom. The largest absolute Gasteiger partial charge is 0.416 e. The summed E-state index contributed by atoms with van der Waals surface area (Å²) in [7, 11) is 0. The van der Waals surface area contributed by atoms with Crippen molar-refractivity contribution < 1.29 is 18.0 Å². The van der Waals surface area contributed by atoms with Gasteiger partial charge in [0, 0.05) is 18.1 Å². The number of carbonyl (C=O) groups excluding carboxylic acids is 1. The third-order valence-corrected chi connectivity index (χ3v) is 9.17. The van der Waals surface area contributed by atoms with Crippen LogP contribution in [0.2, 0.25) is 15.1 Å². The Bertz CT molecular complexity index is 1090. The van der Waals surface area contributed by atoms with Gasteiger partial charge in [0.25, 0.3) is 0 Å².